The molecule has 0 spiro atoms. The van der Waals surface area contributed by atoms with Crippen LogP contribution in [-0.4, -0.2) is 39.7 Å². The number of unbranched alkanes of at least 4 members (excludes halogenated alkanes) is 2. The molecule has 0 amide bonds. The molecular weight excluding hydrogens is 504 g/mol. The van der Waals surface area contributed by atoms with Crippen molar-refractivity contribution in [3.05, 3.63) is 52.2 Å². The Kier molecular flexibility index (Phi) is 9.43. The molecule has 0 saturated heterocycles. The van der Waals surface area contributed by atoms with E-state index >= 15 is 0 Å². The van der Waals surface area contributed by atoms with Crippen LogP contribution in [0.3, 0.4) is 0 Å². The Morgan fingerprint density at radius 2 is 2.12 bits per heavy atom. The third kappa shape index (κ3) is 6.20. The fraction of sp³-hybridized carbons (Fsp3) is 0.458. The van der Waals surface area contributed by atoms with Gasteiger partial charge in [0.2, 0.25) is 11.1 Å². The number of allylic oxidation sites excluding steroid dienone is 1. The molecule has 1 aromatic heterocycles. The molecule has 1 unspecified atom stereocenters. The average Bonchev–Trinajstić information content (AvgIpc) is 3.20. The highest BCUT2D eigenvalue weighted by atomic mass is 79.9. The normalized spacial score (nSPS) is 15.1. The third-order valence-corrected chi connectivity index (χ3v) is 6.55. The summed E-state index contributed by atoms with van der Waals surface area (Å²) in [5, 5.41) is 8.68. The zero-order valence-electron chi connectivity index (χ0n) is 19.4. The highest BCUT2D eigenvalue weighted by molar-refractivity contribution is 9.10. The minimum atomic E-state index is -0.541. The first-order valence-electron chi connectivity index (χ1n) is 11.3. The predicted molar refractivity (Wildman–Crippen MR) is 136 cm³/mol. The lowest BCUT2D eigenvalue weighted by atomic mass is 9.95. The first kappa shape index (κ1) is 25.4. The Balaban J connectivity index is 2.09. The van der Waals surface area contributed by atoms with Crippen molar-refractivity contribution in [2.24, 2.45) is 0 Å². The minimum absolute atomic E-state index is 0.128. The van der Waals surface area contributed by atoms with E-state index in [2.05, 4.69) is 46.7 Å². The number of esters is 1. The van der Waals surface area contributed by atoms with Gasteiger partial charge in [0, 0.05) is 21.5 Å². The lowest BCUT2D eigenvalue weighted by Crippen LogP contribution is -2.30. The summed E-state index contributed by atoms with van der Waals surface area (Å²) >= 11 is 5.19. The summed E-state index contributed by atoms with van der Waals surface area (Å²) in [6.07, 6.45) is 5.72. The van der Waals surface area contributed by atoms with E-state index in [1.165, 1.54) is 0 Å². The van der Waals surface area contributed by atoms with Crippen LogP contribution < -0.4 is 10.1 Å². The van der Waals surface area contributed by atoms with Crippen LogP contribution in [0, 0.1) is 0 Å². The summed E-state index contributed by atoms with van der Waals surface area (Å²) in [6, 6.07) is 5.29. The number of halogens is 1. The van der Waals surface area contributed by atoms with Gasteiger partial charge in [-0.1, -0.05) is 67.0 Å². The molecule has 1 atom stereocenters. The first-order valence-corrected chi connectivity index (χ1v) is 13.0. The van der Waals surface area contributed by atoms with Gasteiger partial charge in [0.05, 0.1) is 12.2 Å². The van der Waals surface area contributed by atoms with E-state index in [4.69, 9.17) is 14.6 Å². The number of aromatic nitrogens is 3. The smallest absolute Gasteiger partial charge is 0.338 e. The molecule has 0 radical (unpaired) electrons. The van der Waals surface area contributed by atoms with Crippen LogP contribution in [-0.2, 0) is 9.53 Å². The highest BCUT2D eigenvalue weighted by Gasteiger charge is 2.37. The van der Waals surface area contributed by atoms with Gasteiger partial charge in [-0.05, 0) is 38.0 Å². The summed E-state index contributed by atoms with van der Waals surface area (Å²) in [4.78, 5) is 17.8. The molecule has 1 aromatic carbocycles. The summed E-state index contributed by atoms with van der Waals surface area (Å²) in [7, 11) is 0. The van der Waals surface area contributed by atoms with E-state index in [9.17, 15) is 4.79 Å². The summed E-state index contributed by atoms with van der Waals surface area (Å²) in [6.45, 7) is 10.5. The Bertz CT molecular complexity index is 1020. The van der Waals surface area contributed by atoms with Gasteiger partial charge < -0.3 is 14.8 Å². The molecule has 0 aliphatic carbocycles. The van der Waals surface area contributed by atoms with Gasteiger partial charge in [0.15, 0.2) is 0 Å². The molecule has 3 rings (SSSR count). The van der Waals surface area contributed by atoms with Crippen LogP contribution >= 0.6 is 27.7 Å². The predicted octanol–water partition coefficient (Wildman–Crippen LogP) is 6.13. The maximum atomic E-state index is 13.1. The number of rotatable bonds is 12. The second-order valence-corrected chi connectivity index (χ2v) is 9.68. The highest BCUT2D eigenvalue weighted by Crippen LogP contribution is 2.41. The molecule has 1 aliphatic heterocycles. The van der Waals surface area contributed by atoms with Crippen molar-refractivity contribution in [2.75, 3.05) is 24.3 Å². The molecule has 2 heterocycles. The first-order chi connectivity index (χ1) is 16.0. The quantitative estimate of drug-likeness (QED) is 0.152. The maximum Gasteiger partial charge on any atom is 0.338 e. The van der Waals surface area contributed by atoms with Crippen molar-refractivity contribution in [1.82, 2.24) is 14.8 Å². The molecular formula is C24H31BrN4O3S. The minimum Gasteiger partial charge on any atom is -0.493 e. The van der Waals surface area contributed by atoms with Crippen molar-refractivity contribution in [1.29, 1.82) is 0 Å². The van der Waals surface area contributed by atoms with Gasteiger partial charge in [0.1, 0.15) is 18.4 Å². The van der Waals surface area contributed by atoms with Crippen molar-refractivity contribution >= 4 is 39.6 Å². The summed E-state index contributed by atoms with van der Waals surface area (Å²) in [5.41, 5.74) is 1.97. The number of nitrogens with zero attached hydrogens (tertiary/aromatic N) is 3. The van der Waals surface area contributed by atoms with Gasteiger partial charge in [0.25, 0.3) is 0 Å². The van der Waals surface area contributed by atoms with Gasteiger partial charge in [-0.15, -0.1) is 5.10 Å². The molecule has 1 aliphatic rings. The number of anilines is 1. The standard InChI is InChI=1S/C24H31BrN4O3S/c1-5-8-13-31-19-11-10-17(25)15-18(19)21-20(22(30)32-12-7-3)16(4)26-23-27-24(28-29(21)23)33-14-9-6-2/h7,10-11,15,21H,3,5-6,8-9,12-14H2,1-2,4H3,(H,26,27,28). The fourth-order valence-corrected chi connectivity index (χ4v) is 4.75. The molecule has 178 valence electrons. The van der Waals surface area contributed by atoms with Crippen molar-refractivity contribution in [3.8, 4) is 5.75 Å². The van der Waals surface area contributed by atoms with Crippen LogP contribution in [0.15, 0.2) is 51.8 Å². The lowest BCUT2D eigenvalue weighted by molar-refractivity contribution is -0.138. The van der Waals surface area contributed by atoms with Crippen molar-refractivity contribution in [3.63, 3.8) is 0 Å². The van der Waals surface area contributed by atoms with E-state index in [1.807, 2.05) is 25.1 Å². The van der Waals surface area contributed by atoms with Crippen molar-refractivity contribution in [2.45, 2.75) is 57.7 Å². The van der Waals surface area contributed by atoms with Crippen LogP contribution in [0.25, 0.3) is 0 Å². The monoisotopic (exact) mass is 534 g/mol. The number of nitrogens with one attached hydrogen (secondary N) is 1. The number of carbonyl (C=O) groups excluding carboxylic acids is 1. The van der Waals surface area contributed by atoms with Crippen LogP contribution in [0.1, 0.15) is 58.1 Å². The van der Waals surface area contributed by atoms with E-state index in [-0.39, 0.29) is 6.61 Å². The molecule has 0 fully saturated rings. The number of carbonyl (C=O) groups is 1. The second-order valence-electron chi connectivity index (χ2n) is 7.70. The Morgan fingerprint density at radius 3 is 2.85 bits per heavy atom. The third-order valence-electron chi connectivity index (χ3n) is 5.14. The number of ether oxygens (including phenoxy) is 2. The molecule has 0 bridgehead atoms. The van der Waals surface area contributed by atoms with E-state index in [1.54, 1.807) is 22.5 Å². The van der Waals surface area contributed by atoms with E-state index < -0.39 is 12.0 Å². The average molecular weight is 536 g/mol. The topological polar surface area (TPSA) is 78.3 Å². The Hall–Kier alpha value is -2.26. The zero-order valence-corrected chi connectivity index (χ0v) is 21.8. The van der Waals surface area contributed by atoms with Gasteiger partial charge in [-0.25, -0.2) is 9.48 Å². The second kappa shape index (κ2) is 12.3. The molecule has 1 N–H and O–H groups in total. The number of fused-ring (bicyclic) bond motifs is 1. The molecule has 7 nitrogen and oxygen atoms in total. The van der Waals surface area contributed by atoms with Crippen LogP contribution in [0.5, 0.6) is 5.75 Å². The largest absolute Gasteiger partial charge is 0.493 e. The molecule has 33 heavy (non-hydrogen) atoms. The fourth-order valence-electron chi connectivity index (χ4n) is 3.46. The van der Waals surface area contributed by atoms with Crippen LogP contribution in [0.4, 0.5) is 5.95 Å². The van der Waals surface area contributed by atoms with Gasteiger partial charge >= 0.3 is 5.97 Å². The lowest BCUT2D eigenvalue weighted by Gasteiger charge is -2.29. The van der Waals surface area contributed by atoms with Crippen molar-refractivity contribution < 1.29 is 14.3 Å². The Morgan fingerprint density at radius 1 is 1.33 bits per heavy atom. The zero-order chi connectivity index (χ0) is 23.8. The van der Waals surface area contributed by atoms with Gasteiger partial charge in [-0.3, -0.25) is 0 Å². The molecule has 0 saturated carbocycles. The molecule has 9 heteroatoms. The Labute approximate surface area is 208 Å². The maximum absolute atomic E-state index is 13.1. The summed E-state index contributed by atoms with van der Waals surface area (Å²) in [5.74, 6) is 1.82. The number of hydrogen-bond acceptors (Lipinski definition) is 7. The van der Waals surface area contributed by atoms with Crippen LogP contribution in [0.2, 0.25) is 0 Å². The summed E-state index contributed by atoms with van der Waals surface area (Å²) < 4.78 is 14.2. The molecule has 2 aromatic rings. The number of hydrogen-bond donors (Lipinski definition) is 1. The number of thioether (sulfide) groups is 1. The van der Waals surface area contributed by atoms with E-state index in [0.29, 0.717) is 34.7 Å². The van der Waals surface area contributed by atoms with E-state index in [0.717, 1.165) is 41.5 Å². The van der Waals surface area contributed by atoms with Gasteiger partial charge in [-0.2, -0.15) is 4.98 Å². The number of benzene rings is 1. The SMILES string of the molecule is C=CCOC(=O)C1=C(C)Nc2nc(SCCCC)nn2C1c1cc(Br)ccc1OCCCC.